The standard InChI is InChI=1S/C12H25O7PS/c1-9(2)6-16-18-20(15,19-17-7-10(3)4)21-8-11(5)12(13)14/h9-11H,6-8H2,1-5H3,(H,13,14). The Kier molecular flexibility index (Phi) is 10.5. The van der Waals surface area contributed by atoms with Crippen LogP contribution in [0.2, 0.25) is 0 Å². The number of carbonyl (C=O) groups is 1. The van der Waals surface area contributed by atoms with Gasteiger partial charge in [-0.3, -0.25) is 4.79 Å². The number of hydrogen-bond donors (Lipinski definition) is 1. The second-order valence-electron chi connectivity index (χ2n) is 5.49. The first-order valence-electron chi connectivity index (χ1n) is 6.76. The molecule has 0 aromatic carbocycles. The molecular weight excluding hydrogens is 319 g/mol. The molecule has 0 rings (SSSR count). The predicted molar refractivity (Wildman–Crippen MR) is 80.6 cm³/mol. The molecule has 0 fully saturated rings. The summed E-state index contributed by atoms with van der Waals surface area (Å²) in [7, 11) is 0. The summed E-state index contributed by atoms with van der Waals surface area (Å²) in [6, 6.07) is 0. The molecule has 0 heterocycles. The van der Waals surface area contributed by atoms with Crippen molar-refractivity contribution >= 4 is 24.1 Å². The molecule has 0 saturated heterocycles. The van der Waals surface area contributed by atoms with E-state index in [2.05, 4.69) is 0 Å². The van der Waals surface area contributed by atoms with Crippen LogP contribution >= 0.6 is 18.2 Å². The summed E-state index contributed by atoms with van der Waals surface area (Å²) in [5.41, 5.74) is 0. The Hall–Kier alpha value is -0.110. The van der Waals surface area contributed by atoms with E-state index in [1.807, 2.05) is 27.7 Å². The van der Waals surface area contributed by atoms with Crippen molar-refractivity contribution in [2.75, 3.05) is 19.0 Å². The lowest BCUT2D eigenvalue weighted by atomic mass is 10.2. The van der Waals surface area contributed by atoms with Gasteiger partial charge in [0.2, 0.25) is 0 Å². The molecule has 0 amide bonds. The summed E-state index contributed by atoms with van der Waals surface area (Å²) in [5.74, 6) is -1.23. The van der Waals surface area contributed by atoms with Crippen LogP contribution in [0.1, 0.15) is 34.6 Å². The summed E-state index contributed by atoms with van der Waals surface area (Å²) in [4.78, 5) is 20.5. The van der Waals surface area contributed by atoms with Crippen molar-refractivity contribution in [3.8, 4) is 0 Å². The van der Waals surface area contributed by atoms with Crippen LogP contribution in [0.5, 0.6) is 0 Å². The van der Waals surface area contributed by atoms with Crippen molar-refractivity contribution < 1.29 is 33.6 Å². The van der Waals surface area contributed by atoms with E-state index in [0.29, 0.717) is 0 Å². The molecule has 9 heteroatoms. The molecule has 21 heavy (non-hydrogen) atoms. The van der Waals surface area contributed by atoms with Crippen molar-refractivity contribution in [3.05, 3.63) is 0 Å². The molecule has 0 aromatic heterocycles. The Labute approximate surface area is 129 Å². The van der Waals surface area contributed by atoms with Crippen molar-refractivity contribution in [1.82, 2.24) is 0 Å². The van der Waals surface area contributed by atoms with Gasteiger partial charge in [0, 0.05) is 5.75 Å². The van der Waals surface area contributed by atoms with Gasteiger partial charge in [0.1, 0.15) is 0 Å². The molecule has 0 radical (unpaired) electrons. The number of hydrogen-bond acceptors (Lipinski definition) is 7. The van der Waals surface area contributed by atoms with Crippen LogP contribution in [0.4, 0.5) is 0 Å². The maximum absolute atomic E-state index is 12.4. The van der Waals surface area contributed by atoms with Gasteiger partial charge in [0.25, 0.3) is 0 Å². The van der Waals surface area contributed by atoms with E-state index in [1.54, 1.807) is 0 Å². The van der Waals surface area contributed by atoms with E-state index in [4.69, 9.17) is 24.2 Å². The molecule has 0 aliphatic heterocycles. The lowest BCUT2D eigenvalue weighted by molar-refractivity contribution is -0.267. The molecule has 0 aliphatic rings. The second kappa shape index (κ2) is 10.6. The van der Waals surface area contributed by atoms with E-state index in [0.717, 1.165) is 11.4 Å². The first kappa shape index (κ1) is 20.9. The summed E-state index contributed by atoms with van der Waals surface area (Å²) in [6.07, 6.45) is 0. The maximum atomic E-state index is 12.4. The largest absolute Gasteiger partial charge is 0.481 e. The lowest BCUT2D eigenvalue weighted by Gasteiger charge is -2.17. The molecule has 0 bridgehead atoms. The Morgan fingerprint density at radius 2 is 1.48 bits per heavy atom. The predicted octanol–water partition coefficient (Wildman–Crippen LogP) is 3.76. The Morgan fingerprint density at radius 1 is 1.05 bits per heavy atom. The zero-order chi connectivity index (χ0) is 16.5. The molecule has 0 saturated carbocycles. The zero-order valence-corrected chi connectivity index (χ0v) is 14.8. The van der Waals surface area contributed by atoms with Crippen LogP contribution < -0.4 is 0 Å². The highest BCUT2D eigenvalue weighted by Gasteiger charge is 2.31. The molecule has 1 N–H and O–H groups in total. The molecule has 1 unspecified atom stereocenters. The minimum absolute atomic E-state index is 0.0582. The van der Waals surface area contributed by atoms with Gasteiger partial charge in [-0.05, 0) is 23.2 Å². The third kappa shape index (κ3) is 11.2. The topological polar surface area (TPSA) is 91.3 Å². The summed E-state index contributed by atoms with van der Waals surface area (Å²) in [5, 5.41) is 8.83. The Morgan fingerprint density at radius 3 is 1.81 bits per heavy atom. The number of carboxylic acids is 1. The quantitative estimate of drug-likeness (QED) is 0.325. The fraction of sp³-hybridized carbons (Fsp3) is 0.917. The van der Waals surface area contributed by atoms with Gasteiger partial charge < -0.3 is 5.11 Å². The SMILES string of the molecule is CC(C)COOP(=O)(OOCC(C)C)SCC(C)C(=O)O. The molecule has 126 valence electrons. The number of carboxylic acid groups (broad SMARTS) is 1. The van der Waals surface area contributed by atoms with Crippen LogP contribution in [0.25, 0.3) is 0 Å². The van der Waals surface area contributed by atoms with E-state index in [1.165, 1.54) is 6.92 Å². The fourth-order valence-corrected chi connectivity index (χ4v) is 3.57. The monoisotopic (exact) mass is 344 g/mol. The molecular formula is C12H25O7PS. The van der Waals surface area contributed by atoms with Gasteiger partial charge in [-0.25, -0.2) is 14.3 Å². The molecule has 0 aliphatic carbocycles. The van der Waals surface area contributed by atoms with E-state index < -0.39 is 18.7 Å². The summed E-state index contributed by atoms with van der Waals surface area (Å²) in [6.45, 7) is 5.90. The zero-order valence-electron chi connectivity index (χ0n) is 13.1. The van der Waals surface area contributed by atoms with Gasteiger partial charge in [-0.1, -0.05) is 34.6 Å². The molecule has 0 aromatic rings. The maximum Gasteiger partial charge on any atom is 0.442 e. The molecule has 0 spiro atoms. The van der Waals surface area contributed by atoms with Crippen molar-refractivity contribution in [3.63, 3.8) is 0 Å². The minimum Gasteiger partial charge on any atom is -0.481 e. The van der Waals surface area contributed by atoms with Crippen LogP contribution in [-0.2, 0) is 28.5 Å². The number of rotatable bonds is 12. The normalized spacial score (nSPS) is 13.9. The number of aliphatic carboxylic acids is 1. The fourth-order valence-electron chi connectivity index (χ4n) is 0.792. The Bertz CT molecular complexity index is 330. The lowest BCUT2D eigenvalue weighted by Crippen LogP contribution is -2.12. The average Bonchev–Trinajstić information content (AvgIpc) is 2.35. The van der Waals surface area contributed by atoms with Gasteiger partial charge in [-0.15, -0.1) is 9.35 Å². The van der Waals surface area contributed by atoms with Gasteiger partial charge in [0.05, 0.1) is 19.1 Å². The van der Waals surface area contributed by atoms with E-state index in [9.17, 15) is 9.36 Å². The average molecular weight is 344 g/mol. The van der Waals surface area contributed by atoms with Crippen LogP contribution in [-0.4, -0.2) is 30.0 Å². The molecule has 1 atom stereocenters. The smallest absolute Gasteiger partial charge is 0.442 e. The highest BCUT2D eigenvalue weighted by atomic mass is 32.7. The van der Waals surface area contributed by atoms with Gasteiger partial charge in [0.15, 0.2) is 0 Å². The van der Waals surface area contributed by atoms with Gasteiger partial charge >= 0.3 is 12.8 Å². The van der Waals surface area contributed by atoms with Crippen LogP contribution in [0, 0.1) is 17.8 Å². The van der Waals surface area contributed by atoms with E-state index in [-0.39, 0.29) is 30.8 Å². The van der Waals surface area contributed by atoms with Gasteiger partial charge in [-0.2, -0.15) is 0 Å². The van der Waals surface area contributed by atoms with Crippen molar-refractivity contribution in [2.45, 2.75) is 34.6 Å². The third-order valence-electron chi connectivity index (χ3n) is 1.99. The first-order valence-corrected chi connectivity index (χ1v) is 9.89. The molecule has 7 nitrogen and oxygen atoms in total. The van der Waals surface area contributed by atoms with Crippen molar-refractivity contribution in [2.24, 2.45) is 17.8 Å². The third-order valence-corrected chi connectivity index (χ3v) is 5.30. The first-order chi connectivity index (χ1) is 9.66. The second-order valence-corrected chi connectivity index (χ2v) is 9.39. The van der Waals surface area contributed by atoms with E-state index >= 15 is 0 Å². The van der Waals surface area contributed by atoms with Crippen LogP contribution in [0.15, 0.2) is 0 Å². The highest BCUT2D eigenvalue weighted by molar-refractivity contribution is 8.55. The summed E-state index contributed by atoms with van der Waals surface area (Å²) < 4.78 is 22.0. The van der Waals surface area contributed by atoms with Crippen LogP contribution in [0.3, 0.4) is 0 Å². The highest BCUT2D eigenvalue weighted by Crippen LogP contribution is 2.61. The Balaban J connectivity index is 4.43. The summed E-state index contributed by atoms with van der Waals surface area (Å²) >= 11 is 0.744. The minimum atomic E-state index is -3.72. The van der Waals surface area contributed by atoms with Crippen molar-refractivity contribution in [1.29, 1.82) is 0 Å².